The molecule has 1 aliphatic rings. The van der Waals surface area contributed by atoms with Crippen LogP contribution >= 0.6 is 0 Å². The fraction of sp³-hybridized carbons (Fsp3) is 0.194. The molecule has 194 valence electrons. The fourth-order valence-corrected chi connectivity index (χ4v) is 6.12. The maximum absolute atomic E-state index is 13.4. The van der Waals surface area contributed by atoms with Crippen molar-refractivity contribution in [3.63, 3.8) is 0 Å². The molecule has 1 amide bonds. The summed E-state index contributed by atoms with van der Waals surface area (Å²) in [7, 11) is -3.70. The third kappa shape index (κ3) is 5.64. The fourth-order valence-electron chi connectivity index (χ4n) is 4.97. The van der Waals surface area contributed by atoms with Crippen LogP contribution < -0.4 is 4.72 Å². The van der Waals surface area contributed by atoms with Crippen LogP contribution in [0.5, 0.6) is 0 Å². The van der Waals surface area contributed by atoms with E-state index in [0.29, 0.717) is 29.9 Å². The Kier molecular flexibility index (Phi) is 7.58. The maximum Gasteiger partial charge on any atom is 0.261 e. The number of hydrogen-bond donors (Lipinski definition) is 1. The summed E-state index contributed by atoms with van der Waals surface area (Å²) >= 11 is 0. The van der Waals surface area contributed by atoms with Crippen LogP contribution in [0.3, 0.4) is 0 Å². The normalized spacial score (nSPS) is 14.4. The highest BCUT2D eigenvalue weighted by molar-refractivity contribution is 7.92. The average molecular weight is 526 g/mol. The minimum atomic E-state index is -3.70. The molecule has 0 radical (unpaired) electrons. The van der Waals surface area contributed by atoms with Gasteiger partial charge in [0.25, 0.3) is 15.9 Å². The van der Waals surface area contributed by atoms with E-state index < -0.39 is 10.0 Å². The molecule has 0 bridgehead atoms. The van der Waals surface area contributed by atoms with E-state index in [0.717, 1.165) is 13.1 Å². The van der Waals surface area contributed by atoms with E-state index in [4.69, 9.17) is 0 Å². The number of amides is 1. The van der Waals surface area contributed by atoms with Gasteiger partial charge in [0.1, 0.15) is 0 Å². The molecule has 0 aliphatic carbocycles. The van der Waals surface area contributed by atoms with Crippen molar-refractivity contribution in [1.82, 2.24) is 9.80 Å². The smallest absolute Gasteiger partial charge is 0.261 e. The molecule has 0 aromatic heterocycles. The van der Waals surface area contributed by atoms with E-state index in [1.54, 1.807) is 48.5 Å². The second kappa shape index (κ2) is 11.2. The van der Waals surface area contributed by atoms with Gasteiger partial charge < -0.3 is 4.90 Å². The van der Waals surface area contributed by atoms with Gasteiger partial charge in [-0.1, -0.05) is 78.9 Å². The number of aryl methyl sites for hydroxylation is 1. The van der Waals surface area contributed by atoms with E-state index >= 15 is 0 Å². The van der Waals surface area contributed by atoms with Crippen molar-refractivity contribution < 1.29 is 13.2 Å². The Morgan fingerprint density at radius 2 is 1.26 bits per heavy atom. The average Bonchev–Trinajstić information content (AvgIpc) is 2.96. The van der Waals surface area contributed by atoms with E-state index in [1.807, 2.05) is 24.0 Å². The summed E-state index contributed by atoms with van der Waals surface area (Å²) in [6.45, 7) is 4.57. The van der Waals surface area contributed by atoms with Gasteiger partial charge in [-0.25, -0.2) is 8.42 Å². The van der Waals surface area contributed by atoms with Crippen LogP contribution in [0.2, 0.25) is 0 Å². The molecule has 4 aromatic rings. The summed E-state index contributed by atoms with van der Waals surface area (Å²) in [6, 6.07) is 34.5. The molecule has 1 heterocycles. The summed E-state index contributed by atoms with van der Waals surface area (Å²) in [4.78, 5) is 17.9. The highest BCUT2D eigenvalue weighted by atomic mass is 32.2. The zero-order chi connectivity index (χ0) is 26.5. The SMILES string of the molecule is Cc1cc(C(=O)N2CCN(C(c3ccccc3)c3ccccc3)CC2)ccc1NS(=O)(=O)c1ccccc1. The third-order valence-electron chi connectivity index (χ3n) is 6.97. The molecule has 0 unspecified atom stereocenters. The van der Waals surface area contributed by atoms with Crippen LogP contribution in [0.15, 0.2) is 114 Å². The van der Waals surface area contributed by atoms with Crippen molar-refractivity contribution >= 4 is 21.6 Å². The standard InChI is InChI=1S/C31H31N3O3S/c1-24-23-27(17-18-29(24)32-38(36,37)28-15-9-4-10-16-28)31(35)34-21-19-33(20-22-34)30(25-11-5-2-6-12-25)26-13-7-3-8-14-26/h2-18,23,30,32H,19-22H2,1H3. The van der Waals surface area contributed by atoms with Crippen LogP contribution in [0.1, 0.15) is 33.1 Å². The number of nitrogens with zero attached hydrogens (tertiary/aromatic N) is 2. The monoisotopic (exact) mass is 525 g/mol. The highest BCUT2D eigenvalue weighted by Crippen LogP contribution is 2.30. The molecule has 0 saturated carbocycles. The second-order valence-corrected chi connectivity index (χ2v) is 11.2. The minimum absolute atomic E-state index is 0.0406. The topological polar surface area (TPSA) is 69.7 Å². The number of carbonyl (C=O) groups is 1. The van der Waals surface area contributed by atoms with Crippen molar-refractivity contribution in [3.8, 4) is 0 Å². The lowest BCUT2D eigenvalue weighted by Gasteiger charge is -2.40. The van der Waals surface area contributed by atoms with E-state index in [1.165, 1.54) is 11.1 Å². The summed E-state index contributed by atoms with van der Waals surface area (Å²) in [5, 5.41) is 0. The van der Waals surface area contributed by atoms with E-state index in [2.05, 4.69) is 58.2 Å². The lowest BCUT2D eigenvalue weighted by Crippen LogP contribution is -2.49. The van der Waals surface area contributed by atoms with Crippen molar-refractivity contribution in [2.24, 2.45) is 0 Å². The van der Waals surface area contributed by atoms with Crippen molar-refractivity contribution in [1.29, 1.82) is 0 Å². The Bertz CT molecular complexity index is 1450. The first-order valence-electron chi connectivity index (χ1n) is 12.7. The number of anilines is 1. The van der Waals surface area contributed by atoms with Gasteiger partial charge in [-0.05, 0) is 53.9 Å². The lowest BCUT2D eigenvalue weighted by molar-refractivity contribution is 0.0597. The summed E-state index contributed by atoms with van der Waals surface area (Å²) in [5.74, 6) is -0.0406. The quantitative estimate of drug-likeness (QED) is 0.354. The number of nitrogens with one attached hydrogen (secondary N) is 1. The van der Waals surface area contributed by atoms with Gasteiger partial charge in [0.15, 0.2) is 0 Å². The highest BCUT2D eigenvalue weighted by Gasteiger charge is 2.28. The van der Waals surface area contributed by atoms with Crippen molar-refractivity contribution in [2.45, 2.75) is 17.9 Å². The number of piperazine rings is 1. The molecular formula is C31H31N3O3S. The van der Waals surface area contributed by atoms with Gasteiger partial charge in [0, 0.05) is 31.7 Å². The molecule has 1 saturated heterocycles. The number of rotatable bonds is 7. The largest absolute Gasteiger partial charge is 0.336 e. The maximum atomic E-state index is 13.4. The van der Waals surface area contributed by atoms with Gasteiger partial charge >= 0.3 is 0 Å². The number of benzene rings is 4. The molecule has 38 heavy (non-hydrogen) atoms. The summed E-state index contributed by atoms with van der Waals surface area (Å²) < 4.78 is 28.1. The third-order valence-corrected chi connectivity index (χ3v) is 8.35. The number of hydrogen-bond acceptors (Lipinski definition) is 4. The van der Waals surface area contributed by atoms with E-state index in [9.17, 15) is 13.2 Å². The van der Waals surface area contributed by atoms with E-state index in [-0.39, 0.29) is 16.8 Å². The van der Waals surface area contributed by atoms with Gasteiger partial charge in [-0.2, -0.15) is 0 Å². The Labute approximate surface area is 224 Å². The van der Waals surface area contributed by atoms with Crippen LogP contribution in [-0.2, 0) is 10.0 Å². The summed E-state index contributed by atoms with van der Waals surface area (Å²) in [6.07, 6.45) is 0. The first kappa shape index (κ1) is 25.7. The zero-order valence-corrected chi connectivity index (χ0v) is 22.1. The Morgan fingerprint density at radius 3 is 1.79 bits per heavy atom. The Morgan fingerprint density at radius 1 is 0.737 bits per heavy atom. The van der Waals surface area contributed by atoms with Gasteiger partial charge in [-0.3, -0.25) is 14.4 Å². The van der Waals surface area contributed by atoms with Gasteiger partial charge in [0.2, 0.25) is 0 Å². The molecule has 6 nitrogen and oxygen atoms in total. The molecule has 1 aliphatic heterocycles. The minimum Gasteiger partial charge on any atom is -0.336 e. The second-order valence-electron chi connectivity index (χ2n) is 9.50. The first-order valence-corrected chi connectivity index (χ1v) is 14.2. The van der Waals surface area contributed by atoms with Crippen LogP contribution in [0.4, 0.5) is 5.69 Å². The molecule has 0 spiro atoms. The van der Waals surface area contributed by atoms with Crippen LogP contribution in [-0.4, -0.2) is 50.3 Å². The molecular weight excluding hydrogens is 494 g/mol. The molecule has 4 aromatic carbocycles. The van der Waals surface area contributed by atoms with Gasteiger partial charge in [-0.15, -0.1) is 0 Å². The number of carbonyl (C=O) groups excluding carboxylic acids is 1. The van der Waals surface area contributed by atoms with Crippen LogP contribution in [0, 0.1) is 6.92 Å². The first-order chi connectivity index (χ1) is 18.4. The van der Waals surface area contributed by atoms with Crippen molar-refractivity contribution in [2.75, 3.05) is 30.9 Å². The molecule has 0 atom stereocenters. The Hall–Kier alpha value is -3.94. The van der Waals surface area contributed by atoms with Crippen LogP contribution in [0.25, 0.3) is 0 Å². The zero-order valence-electron chi connectivity index (χ0n) is 21.3. The van der Waals surface area contributed by atoms with Crippen molar-refractivity contribution in [3.05, 3.63) is 131 Å². The van der Waals surface area contributed by atoms with Gasteiger partial charge in [0.05, 0.1) is 16.6 Å². The summed E-state index contributed by atoms with van der Waals surface area (Å²) in [5.41, 5.74) is 4.19. The Balaban J connectivity index is 1.27. The lowest BCUT2D eigenvalue weighted by atomic mass is 9.96. The predicted molar refractivity (Wildman–Crippen MR) is 151 cm³/mol. The molecule has 1 fully saturated rings. The molecule has 5 rings (SSSR count). The molecule has 1 N–H and O–H groups in total. The number of sulfonamides is 1. The predicted octanol–water partition coefficient (Wildman–Crippen LogP) is 5.34. The molecule has 7 heteroatoms.